The van der Waals surface area contributed by atoms with Gasteiger partial charge in [-0.05, 0) is 36.1 Å². The van der Waals surface area contributed by atoms with Crippen LogP contribution in [0.1, 0.15) is 30.0 Å². The number of benzene rings is 2. The molecule has 0 aliphatic carbocycles. The van der Waals surface area contributed by atoms with Crippen molar-refractivity contribution in [3.8, 4) is 11.1 Å². The zero-order chi connectivity index (χ0) is 25.4. The van der Waals surface area contributed by atoms with Crippen LogP contribution < -0.4 is 16.8 Å². The first-order valence-electron chi connectivity index (χ1n) is 11.5. The summed E-state index contributed by atoms with van der Waals surface area (Å²) in [5.74, 6) is 0. The molecule has 5 rings (SSSR count). The summed E-state index contributed by atoms with van der Waals surface area (Å²) in [6.45, 7) is 1.60. The van der Waals surface area contributed by atoms with Crippen molar-refractivity contribution in [2.75, 3.05) is 30.4 Å². The first-order chi connectivity index (χ1) is 17.2. The van der Waals surface area contributed by atoms with Gasteiger partial charge < -0.3 is 21.4 Å². The number of nitrogen functional groups attached to an aromatic ring is 1. The molecular formula is C24H27N7O2S3. The molecule has 1 saturated heterocycles. The molecule has 0 unspecified atom stereocenters. The number of anilines is 2. The third kappa shape index (κ3) is 5.07. The fourth-order valence-corrected chi connectivity index (χ4v) is 6.22. The Morgan fingerprint density at radius 3 is 2.64 bits per heavy atom. The van der Waals surface area contributed by atoms with E-state index in [1.807, 2.05) is 18.2 Å². The van der Waals surface area contributed by atoms with E-state index in [1.165, 1.54) is 17.6 Å². The second-order valence-corrected chi connectivity index (χ2v) is 12.4. The third-order valence-corrected chi connectivity index (χ3v) is 8.78. The van der Waals surface area contributed by atoms with Gasteiger partial charge in [-0.1, -0.05) is 53.9 Å². The summed E-state index contributed by atoms with van der Waals surface area (Å²) >= 11 is 6.51. The van der Waals surface area contributed by atoms with Crippen LogP contribution in [0.2, 0.25) is 0 Å². The van der Waals surface area contributed by atoms with Gasteiger partial charge in [-0.3, -0.25) is 0 Å². The van der Waals surface area contributed by atoms with Crippen LogP contribution in [0.25, 0.3) is 22.0 Å². The number of nitrogens with one attached hydrogen (secondary N) is 1. The average Bonchev–Trinajstić information content (AvgIpc) is 3.45. The van der Waals surface area contributed by atoms with Gasteiger partial charge in [0.25, 0.3) is 0 Å². The Kier molecular flexibility index (Phi) is 6.68. The van der Waals surface area contributed by atoms with Crippen LogP contribution in [-0.2, 0) is 16.6 Å². The number of thiocarbonyl (C=S) groups is 1. The molecular weight excluding hydrogens is 515 g/mol. The Morgan fingerprint density at radius 1 is 1.19 bits per heavy atom. The second-order valence-electron chi connectivity index (χ2n) is 8.94. The molecule has 0 radical (unpaired) electrons. The van der Waals surface area contributed by atoms with Crippen LogP contribution in [-0.4, -0.2) is 51.8 Å². The van der Waals surface area contributed by atoms with Crippen molar-refractivity contribution >= 4 is 59.7 Å². The minimum absolute atomic E-state index is 0.184. The van der Waals surface area contributed by atoms with Gasteiger partial charge >= 0.3 is 0 Å². The molecule has 2 aromatic heterocycles. The van der Waals surface area contributed by atoms with E-state index < -0.39 is 10.0 Å². The van der Waals surface area contributed by atoms with Crippen molar-refractivity contribution < 1.29 is 8.42 Å². The topological polar surface area (TPSA) is 132 Å². The maximum atomic E-state index is 12.0. The summed E-state index contributed by atoms with van der Waals surface area (Å²) in [5.41, 5.74) is 16.7. The summed E-state index contributed by atoms with van der Waals surface area (Å²) in [6.07, 6.45) is 4.94. The predicted molar refractivity (Wildman–Crippen MR) is 150 cm³/mol. The summed E-state index contributed by atoms with van der Waals surface area (Å²) < 4.78 is 27.9. The Morgan fingerprint density at radius 2 is 1.97 bits per heavy atom. The van der Waals surface area contributed by atoms with Crippen LogP contribution in [0.15, 0.2) is 48.7 Å². The second kappa shape index (κ2) is 9.77. The van der Waals surface area contributed by atoms with E-state index in [9.17, 15) is 8.42 Å². The zero-order valence-corrected chi connectivity index (χ0v) is 22.2. The third-order valence-electron chi connectivity index (χ3n) is 6.53. The van der Waals surface area contributed by atoms with E-state index in [4.69, 9.17) is 23.7 Å². The summed E-state index contributed by atoms with van der Waals surface area (Å²) in [6, 6.07) is 14.5. The van der Waals surface area contributed by atoms with Crippen molar-refractivity contribution in [2.45, 2.75) is 25.4 Å². The molecule has 9 nitrogen and oxygen atoms in total. The van der Waals surface area contributed by atoms with E-state index in [-0.39, 0.29) is 6.04 Å². The lowest BCUT2D eigenvalue weighted by Gasteiger charge is -2.31. The van der Waals surface area contributed by atoms with Crippen molar-refractivity contribution in [1.82, 2.24) is 19.1 Å². The summed E-state index contributed by atoms with van der Waals surface area (Å²) in [4.78, 5) is 0.361. The highest BCUT2D eigenvalue weighted by molar-refractivity contribution is 7.88. The van der Waals surface area contributed by atoms with Crippen molar-refractivity contribution in [2.24, 2.45) is 5.73 Å². The van der Waals surface area contributed by atoms with Crippen molar-refractivity contribution in [1.29, 1.82) is 0 Å². The lowest BCUT2D eigenvalue weighted by molar-refractivity contribution is 0.279. The lowest BCUT2D eigenvalue weighted by Crippen LogP contribution is -2.38. The van der Waals surface area contributed by atoms with Crippen molar-refractivity contribution in [3.63, 3.8) is 0 Å². The number of piperidine rings is 1. The number of nitrogens with two attached hydrogens (primary N) is 2. The van der Waals surface area contributed by atoms with E-state index in [0.717, 1.165) is 46.0 Å². The first-order valence-corrected chi connectivity index (χ1v) is 14.6. The molecule has 36 heavy (non-hydrogen) atoms. The monoisotopic (exact) mass is 541 g/mol. The molecule has 1 fully saturated rings. The first kappa shape index (κ1) is 24.6. The fourth-order valence-electron chi connectivity index (χ4n) is 4.71. The molecule has 1 aliphatic rings. The predicted octanol–water partition coefficient (Wildman–Crippen LogP) is 3.58. The number of fused-ring (bicyclic) bond motifs is 1. The van der Waals surface area contributed by atoms with E-state index in [2.05, 4.69) is 50.5 Å². The standard InChI is InChI=1S/C24H27N7O2S3/c1-36(32,33)30-9-7-18(8-10-30)31-14-20(16-3-2-4-17(12-16)22(25)34)19-6-5-15(11-21(19)31)13-27-24-29-28-23(26)35-24/h2-6,11-12,14,18H,7-10,13H2,1H3,(H2,25,34)(H2,26,28)(H,27,29). The molecule has 3 heterocycles. The van der Waals surface area contributed by atoms with Gasteiger partial charge in [-0.2, -0.15) is 0 Å². The number of rotatable bonds is 7. The van der Waals surface area contributed by atoms with E-state index >= 15 is 0 Å². The van der Waals surface area contributed by atoms with Gasteiger partial charge in [-0.25, -0.2) is 12.7 Å². The van der Waals surface area contributed by atoms with Gasteiger partial charge in [0.1, 0.15) is 4.99 Å². The number of aromatic nitrogens is 3. The molecule has 0 saturated carbocycles. The zero-order valence-electron chi connectivity index (χ0n) is 19.7. The number of hydrogen-bond donors (Lipinski definition) is 3. The van der Waals surface area contributed by atoms with Crippen LogP contribution in [0, 0.1) is 0 Å². The molecule has 0 bridgehead atoms. The highest BCUT2D eigenvalue weighted by Crippen LogP contribution is 2.36. The largest absolute Gasteiger partial charge is 0.389 e. The van der Waals surface area contributed by atoms with Gasteiger partial charge in [-0.15, -0.1) is 10.2 Å². The highest BCUT2D eigenvalue weighted by Gasteiger charge is 2.27. The number of nitrogens with zero attached hydrogens (tertiary/aromatic N) is 4. The quantitative estimate of drug-likeness (QED) is 0.303. The Labute approximate surface area is 219 Å². The summed E-state index contributed by atoms with van der Waals surface area (Å²) in [7, 11) is -3.19. The normalized spacial score (nSPS) is 15.4. The SMILES string of the molecule is CS(=O)(=O)N1CCC(n2cc(-c3cccc(C(N)=S)c3)c3ccc(CNc4nnc(N)s4)cc32)CC1. The summed E-state index contributed by atoms with van der Waals surface area (Å²) in [5, 5.41) is 13.4. The maximum Gasteiger partial charge on any atom is 0.211 e. The van der Waals surface area contributed by atoms with Gasteiger partial charge in [0, 0.05) is 53.9 Å². The molecule has 2 aromatic carbocycles. The maximum absolute atomic E-state index is 12.0. The number of sulfonamides is 1. The molecule has 4 aromatic rings. The van der Waals surface area contributed by atoms with Crippen molar-refractivity contribution in [3.05, 3.63) is 59.8 Å². The molecule has 1 aliphatic heterocycles. The fraction of sp³-hybridized carbons (Fsp3) is 0.292. The van der Waals surface area contributed by atoms with Crippen LogP contribution in [0.5, 0.6) is 0 Å². The molecule has 0 amide bonds. The Hall–Kier alpha value is -3.06. The minimum atomic E-state index is -3.19. The highest BCUT2D eigenvalue weighted by atomic mass is 32.2. The molecule has 0 spiro atoms. The van der Waals surface area contributed by atoms with Gasteiger partial charge in [0.2, 0.25) is 20.3 Å². The van der Waals surface area contributed by atoms with Crippen LogP contribution in [0.3, 0.4) is 0 Å². The van der Waals surface area contributed by atoms with Gasteiger partial charge in [0.15, 0.2) is 0 Å². The van der Waals surface area contributed by atoms with E-state index in [1.54, 1.807) is 4.31 Å². The molecule has 12 heteroatoms. The van der Waals surface area contributed by atoms with Crippen LogP contribution >= 0.6 is 23.6 Å². The lowest BCUT2D eigenvalue weighted by atomic mass is 10.0. The molecule has 0 atom stereocenters. The van der Waals surface area contributed by atoms with Gasteiger partial charge in [0.05, 0.1) is 6.26 Å². The number of hydrogen-bond acceptors (Lipinski definition) is 8. The average molecular weight is 542 g/mol. The Balaban J connectivity index is 1.53. The molecule has 5 N–H and O–H groups in total. The smallest absolute Gasteiger partial charge is 0.211 e. The van der Waals surface area contributed by atoms with E-state index in [0.29, 0.717) is 34.9 Å². The molecule has 188 valence electrons. The van der Waals surface area contributed by atoms with Crippen LogP contribution in [0.4, 0.5) is 10.3 Å². The Bertz CT molecular complexity index is 1540. The minimum Gasteiger partial charge on any atom is -0.389 e.